The van der Waals surface area contributed by atoms with Gasteiger partial charge in [0, 0.05) is 21.2 Å². The highest BCUT2D eigenvalue weighted by atomic mass is 127. The molecular weight excluding hydrogens is 739 g/mol. The van der Waals surface area contributed by atoms with Gasteiger partial charge in [-0.15, -0.1) is 23.5 Å². The van der Waals surface area contributed by atoms with Crippen molar-refractivity contribution in [3.8, 4) is 0 Å². The van der Waals surface area contributed by atoms with Crippen molar-refractivity contribution in [1.29, 1.82) is 0 Å². The maximum Gasteiger partial charge on any atom is 0.314 e. The Morgan fingerprint density at radius 3 is 1.68 bits per heavy atom. The van der Waals surface area contributed by atoms with E-state index >= 15 is 0 Å². The maximum atomic E-state index is 11.9. The number of nitrogens with zero attached hydrogens (tertiary/aromatic N) is 4. The Morgan fingerprint density at radius 2 is 1.27 bits per heavy atom. The number of alkyl halides is 1. The fraction of sp³-hybridized carbons (Fsp3) is 0.667. The fourth-order valence-electron chi connectivity index (χ4n) is 5.31. The molecule has 14 heteroatoms. The molecule has 2 fully saturated rings. The number of esters is 2. The summed E-state index contributed by atoms with van der Waals surface area (Å²) in [4.78, 5) is 40.4. The largest absolute Gasteiger partial charge is 0.469 e. The number of hydrogen-bond acceptors (Lipinski definition) is 12. The predicted molar refractivity (Wildman–Crippen MR) is 183 cm³/mol. The van der Waals surface area contributed by atoms with Crippen molar-refractivity contribution in [1.82, 2.24) is 19.9 Å². The molecule has 2 saturated carbocycles. The summed E-state index contributed by atoms with van der Waals surface area (Å²) in [6, 6.07) is 3.88. The van der Waals surface area contributed by atoms with Crippen LogP contribution in [-0.4, -0.2) is 86.0 Å². The van der Waals surface area contributed by atoms with Crippen LogP contribution in [0.2, 0.25) is 5.28 Å². The van der Waals surface area contributed by atoms with E-state index in [-0.39, 0.29) is 31.1 Å². The number of aromatic nitrogens is 4. The third kappa shape index (κ3) is 10.9. The van der Waals surface area contributed by atoms with Gasteiger partial charge in [-0.3, -0.25) is 9.59 Å². The average Bonchev–Trinajstić information content (AvgIpc) is 3.04. The number of hydrogen-bond donors (Lipinski definition) is 2. The summed E-state index contributed by atoms with van der Waals surface area (Å²) in [6.45, 7) is 3.63. The molecule has 0 aliphatic heterocycles. The van der Waals surface area contributed by atoms with Gasteiger partial charge in [-0.1, -0.05) is 22.6 Å². The molecule has 2 aliphatic carbocycles. The quantitative estimate of drug-likeness (QED) is 0.0850. The highest BCUT2D eigenvalue weighted by Crippen LogP contribution is 2.43. The van der Waals surface area contributed by atoms with Crippen LogP contribution in [0, 0.1) is 24.7 Å². The van der Waals surface area contributed by atoms with E-state index in [2.05, 4.69) is 42.5 Å². The fourth-order valence-corrected chi connectivity index (χ4v) is 7.15. The van der Waals surface area contributed by atoms with Gasteiger partial charge in [0.25, 0.3) is 0 Å². The molecule has 2 aliphatic rings. The first-order valence-corrected chi connectivity index (χ1v) is 18.5. The number of rotatable bonds is 7. The van der Waals surface area contributed by atoms with E-state index in [1.165, 1.54) is 14.2 Å². The number of aliphatic hydroxyl groups excluding tert-OH is 2. The molecule has 2 heterocycles. The molecule has 0 radical (unpaired) electrons. The molecule has 2 aromatic heterocycles. The van der Waals surface area contributed by atoms with Crippen LogP contribution in [0.4, 0.5) is 0 Å². The van der Waals surface area contributed by atoms with E-state index in [4.69, 9.17) is 21.1 Å². The van der Waals surface area contributed by atoms with E-state index in [1.54, 1.807) is 23.5 Å². The summed E-state index contributed by atoms with van der Waals surface area (Å²) >= 11 is 11.2. The van der Waals surface area contributed by atoms with Crippen molar-refractivity contribution < 1.29 is 29.3 Å². The van der Waals surface area contributed by atoms with Crippen molar-refractivity contribution in [2.75, 3.05) is 39.9 Å². The minimum Gasteiger partial charge on any atom is -0.469 e. The van der Waals surface area contributed by atoms with Crippen molar-refractivity contribution in [2.24, 2.45) is 10.8 Å². The molecule has 0 atom stereocenters. The topological polar surface area (TPSA) is 145 Å². The summed E-state index contributed by atoms with van der Waals surface area (Å²) in [6.07, 6.45) is 10.3. The second-order valence-corrected chi connectivity index (χ2v) is 14.8. The molecule has 0 unspecified atom stereocenters. The summed E-state index contributed by atoms with van der Waals surface area (Å²) in [5, 5.41) is 21.0. The van der Waals surface area contributed by atoms with Gasteiger partial charge in [0.05, 0.1) is 43.3 Å². The Labute approximate surface area is 287 Å². The zero-order valence-electron chi connectivity index (χ0n) is 26.3. The summed E-state index contributed by atoms with van der Waals surface area (Å²) < 4.78 is 10.2. The van der Waals surface area contributed by atoms with E-state index in [0.717, 1.165) is 65.8 Å². The molecule has 0 spiro atoms. The number of carbonyl (C=O) groups is 2. The number of thioether (sulfide) groups is 2. The molecule has 44 heavy (non-hydrogen) atoms. The first kappa shape index (κ1) is 38.9. The van der Waals surface area contributed by atoms with Crippen molar-refractivity contribution in [3.05, 3.63) is 34.6 Å². The Morgan fingerprint density at radius 1 is 0.841 bits per heavy atom. The molecular formula is C30H44ClIN4O6S2. The van der Waals surface area contributed by atoms with Crippen LogP contribution in [0.3, 0.4) is 0 Å². The molecule has 0 aromatic carbocycles. The minimum absolute atomic E-state index is 0.0803. The Hall–Kier alpha value is -1.26. The van der Waals surface area contributed by atoms with E-state index in [0.29, 0.717) is 22.0 Å². The van der Waals surface area contributed by atoms with E-state index in [1.807, 2.05) is 38.5 Å². The molecule has 0 saturated heterocycles. The number of aliphatic hydroxyl groups is 2. The maximum absolute atomic E-state index is 11.9. The van der Waals surface area contributed by atoms with Gasteiger partial charge in [0.1, 0.15) is 10.9 Å². The standard InChI is InChI=1S/C15H22N2O3S.C9H15IO3.C6H7ClN2S/c1-10-8-12(21-3)17-13(16-10)11-4-6-15(9-18,7-5-11)14(19)20-2;1-13-8(12)9(6-11)4-2-7(10)3-5-9;1-4-3-5(10-2)9-6(7)8-4/h8,11,18H,4-7,9H2,1-3H3;7,11H,2-6H2,1H3;3H,1-2H3. The Kier molecular flexibility index (Phi) is 16.6. The van der Waals surface area contributed by atoms with Gasteiger partial charge in [-0.2, -0.15) is 0 Å². The lowest BCUT2D eigenvalue weighted by molar-refractivity contribution is -0.158. The highest BCUT2D eigenvalue weighted by molar-refractivity contribution is 14.1. The highest BCUT2D eigenvalue weighted by Gasteiger charge is 2.43. The smallest absolute Gasteiger partial charge is 0.314 e. The minimum atomic E-state index is -0.739. The lowest BCUT2D eigenvalue weighted by Crippen LogP contribution is -2.39. The normalized spacial score (nSPS) is 24.6. The van der Waals surface area contributed by atoms with E-state index < -0.39 is 10.8 Å². The molecule has 10 nitrogen and oxygen atoms in total. The van der Waals surface area contributed by atoms with Crippen LogP contribution >= 0.6 is 57.7 Å². The SMILES string of the molecule is COC(=O)C1(CO)CCC(I)CC1.COC(=O)C1(CO)CCC(c2nc(C)cc(SC)n2)CC1.CSc1cc(C)nc(Cl)n1. The van der Waals surface area contributed by atoms with Crippen molar-refractivity contribution in [3.63, 3.8) is 0 Å². The average molecular weight is 783 g/mol. The zero-order valence-corrected chi connectivity index (χ0v) is 30.8. The molecule has 2 aromatic rings. The predicted octanol–water partition coefficient (Wildman–Crippen LogP) is 5.99. The van der Waals surface area contributed by atoms with Crippen LogP contribution < -0.4 is 0 Å². The third-order valence-corrected chi connectivity index (χ3v) is 10.8. The first-order chi connectivity index (χ1) is 20.9. The molecule has 2 N–H and O–H groups in total. The van der Waals surface area contributed by atoms with Crippen LogP contribution in [0.5, 0.6) is 0 Å². The molecule has 246 valence electrons. The van der Waals surface area contributed by atoms with Crippen LogP contribution in [0.25, 0.3) is 0 Å². The van der Waals surface area contributed by atoms with Crippen LogP contribution in [0.1, 0.15) is 74.5 Å². The Bertz CT molecular complexity index is 1210. The van der Waals surface area contributed by atoms with Gasteiger partial charge in [-0.05, 0) is 101 Å². The van der Waals surface area contributed by atoms with Crippen LogP contribution in [0.15, 0.2) is 22.2 Å². The van der Waals surface area contributed by atoms with Gasteiger partial charge < -0.3 is 19.7 Å². The second-order valence-electron chi connectivity index (χ2n) is 11.0. The summed E-state index contributed by atoms with van der Waals surface area (Å²) in [5.41, 5.74) is 0.536. The van der Waals surface area contributed by atoms with Crippen LogP contribution in [-0.2, 0) is 19.1 Å². The lowest BCUT2D eigenvalue weighted by atomic mass is 9.70. The number of halogens is 2. The molecule has 0 amide bonds. The second kappa shape index (κ2) is 18.8. The van der Waals surface area contributed by atoms with Crippen molar-refractivity contribution in [2.45, 2.75) is 85.1 Å². The first-order valence-electron chi connectivity index (χ1n) is 14.4. The summed E-state index contributed by atoms with van der Waals surface area (Å²) in [7, 11) is 2.76. The van der Waals surface area contributed by atoms with Gasteiger partial charge in [-0.25, -0.2) is 19.9 Å². The van der Waals surface area contributed by atoms with Gasteiger partial charge >= 0.3 is 11.9 Å². The monoisotopic (exact) mass is 782 g/mol. The van der Waals surface area contributed by atoms with Gasteiger partial charge in [0.2, 0.25) is 5.28 Å². The zero-order chi connectivity index (χ0) is 32.9. The van der Waals surface area contributed by atoms with Crippen molar-refractivity contribution >= 4 is 69.7 Å². The van der Waals surface area contributed by atoms with Gasteiger partial charge in [0.15, 0.2) is 0 Å². The van der Waals surface area contributed by atoms with E-state index in [9.17, 15) is 19.8 Å². The summed E-state index contributed by atoms with van der Waals surface area (Å²) in [5.74, 6) is 0.549. The molecule has 4 rings (SSSR count). The third-order valence-electron chi connectivity index (χ3n) is 8.09. The number of aryl methyl sites for hydroxylation is 2. The number of ether oxygens (including phenoxy) is 2. The lowest BCUT2D eigenvalue weighted by Gasteiger charge is -2.35. The molecule has 0 bridgehead atoms. The Balaban J connectivity index is 0.000000250. The number of methoxy groups -OCH3 is 2. The number of carbonyl (C=O) groups excluding carboxylic acids is 2.